The third-order valence-electron chi connectivity index (χ3n) is 2.51. The lowest BCUT2D eigenvalue weighted by atomic mass is 10.1. The first-order chi connectivity index (χ1) is 8.93. The highest BCUT2D eigenvalue weighted by molar-refractivity contribution is 5.94. The number of benzene rings is 1. The second-order valence-corrected chi connectivity index (χ2v) is 4.29. The van der Waals surface area contributed by atoms with E-state index in [-0.39, 0.29) is 6.61 Å². The summed E-state index contributed by atoms with van der Waals surface area (Å²) in [6.45, 7) is 4.35. The van der Waals surface area contributed by atoms with Gasteiger partial charge in [0, 0.05) is 6.54 Å². The van der Waals surface area contributed by atoms with E-state index in [0.717, 1.165) is 23.2 Å². The van der Waals surface area contributed by atoms with Crippen LogP contribution >= 0.6 is 0 Å². The quantitative estimate of drug-likeness (QED) is 0.726. The Balaban J connectivity index is 2.73. The van der Waals surface area contributed by atoms with Gasteiger partial charge in [-0.3, -0.25) is 10.1 Å². The number of nitrogens with two attached hydrogens (primary N) is 1. The number of rotatable bonds is 5. The zero-order chi connectivity index (χ0) is 14.4. The number of amides is 3. The third kappa shape index (κ3) is 4.59. The molecular weight excluding hydrogens is 246 g/mol. The lowest BCUT2D eigenvalue weighted by Crippen LogP contribution is -2.38. The first kappa shape index (κ1) is 15.0. The van der Waals surface area contributed by atoms with Crippen LogP contribution in [0.5, 0.6) is 5.75 Å². The molecule has 0 radical (unpaired) electrons. The monoisotopic (exact) mass is 265 g/mol. The van der Waals surface area contributed by atoms with Crippen molar-refractivity contribution >= 4 is 11.9 Å². The van der Waals surface area contributed by atoms with Crippen LogP contribution in [0.3, 0.4) is 0 Å². The molecule has 1 aromatic carbocycles. The molecule has 3 amide bonds. The van der Waals surface area contributed by atoms with Crippen LogP contribution in [0.15, 0.2) is 12.1 Å². The lowest BCUT2D eigenvalue weighted by Gasteiger charge is -2.13. The zero-order valence-corrected chi connectivity index (χ0v) is 11.4. The molecule has 0 aliphatic heterocycles. The standard InChI is InChI=1S/C13H19N3O3/c1-8-4-10(6-15-3)5-9(2)12(8)19-7-11(17)16-13(14)18/h4-5,15H,6-7H2,1-3H3,(H3,14,16,17,18). The van der Waals surface area contributed by atoms with Crippen LogP contribution in [-0.2, 0) is 11.3 Å². The first-order valence-electron chi connectivity index (χ1n) is 5.91. The van der Waals surface area contributed by atoms with Gasteiger partial charge >= 0.3 is 6.03 Å². The smallest absolute Gasteiger partial charge is 0.318 e. The minimum atomic E-state index is -0.883. The van der Waals surface area contributed by atoms with Gasteiger partial charge in [-0.05, 0) is 37.6 Å². The van der Waals surface area contributed by atoms with Crippen LogP contribution in [0.1, 0.15) is 16.7 Å². The van der Waals surface area contributed by atoms with Crippen molar-refractivity contribution in [2.24, 2.45) is 5.73 Å². The summed E-state index contributed by atoms with van der Waals surface area (Å²) in [6, 6.07) is 3.10. The number of primary amides is 1. The maximum Gasteiger partial charge on any atom is 0.318 e. The van der Waals surface area contributed by atoms with Crippen molar-refractivity contribution in [3.63, 3.8) is 0 Å². The largest absolute Gasteiger partial charge is 0.483 e. The number of carbonyl (C=O) groups is 2. The molecule has 0 bridgehead atoms. The minimum Gasteiger partial charge on any atom is -0.483 e. The summed E-state index contributed by atoms with van der Waals surface area (Å²) in [5.41, 5.74) is 7.87. The number of carbonyl (C=O) groups excluding carboxylic acids is 2. The molecule has 6 heteroatoms. The van der Waals surface area contributed by atoms with Crippen LogP contribution in [0.4, 0.5) is 4.79 Å². The van der Waals surface area contributed by atoms with E-state index in [4.69, 9.17) is 10.5 Å². The van der Waals surface area contributed by atoms with Crippen LogP contribution in [0.25, 0.3) is 0 Å². The Morgan fingerprint density at radius 3 is 2.32 bits per heavy atom. The van der Waals surface area contributed by atoms with E-state index in [1.165, 1.54) is 0 Å². The van der Waals surface area contributed by atoms with Gasteiger partial charge in [-0.25, -0.2) is 4.79 Å². The highest BCUT2D eigenvalue weighted by atomic mass is 16.5. The average Bonchev–Trinajstić information content (AvgIpc) is 2.27. The van der Waals surface area contributed by atoms with E-state index >= 15 is 0 Å². The van der Waals surface area contributed by atoms with Crippen molar-refractivity contribution in [3.8, 4) is 5.75 Å². The molecule has 0 unspecified atom stereocenters. The normalized spacial score (nSPS) is 10.1. The molecular formula is C13H19N3O3. The van der Waals surface area contributed by atoms with Crippen molar-refractivity contribution in [1.82, 2.24) is 10.6 Å². The Kier molecular flexibility index (Phi) is 5.32. The van der Waals surface area contributed by atoms with Crippen molar-refractivity contribution in [2.75, 3.05) is 13.7 Å². The first-order valence-corrected chi connectivity index (χ1v) is 5.91. The topological polar surface area (TPSA) is 93.4 Å². The van der Waals surface area contributed by atoms with Gasteiger partial charge in [-0.15, -0.1) is 0 Å². The number of nitrogens with one attached hydrogen (secondary N) is 2. The van der Waals surface area contributed by atoms with Gasteiger partial charge in [0.15, 0.2) is 6.61 Å². The molecule has 0 aliphatic rings. The summed E-state index contributed by atoms with van der Waals surface area (Å²) in [5, 5.41) is 5.02. The fourth-order valence-corrected chi connectivity index (χ4v) is 1.89. The number of ether oxygens (including phenoxy) is 1. The molecule has 0 atom stereocenters. The molecule has 0 spiro atoms. The molecule has 1 aromatic rings. The summed E-state index contributed by atoms with van der Waals surface area (Å²) >= 11 is 0. The number of hydrogen-bond acceptors (Lipinski definition) is 4. The van der Waals surface area contributed by atoms with Gasteiger partial charge in [-0.1, -0.05) is 12.1 Å². The fraction of sp³-hybridized carbons (Fsp3) is 0.385. The average molecular weight is 265 g/mol. The molecule has 0 saturated heterocycles. The zero-order valence-electron chi connectivity index (χ0n) is 11.4. The van der Waals surface area contributed by atoms with E-state index in [0.29, 0.717) is 5.75 Å². The van der Waals surface area contributed by atoms with Crippen LogP contribution in [0.2, 0.25) is 0 Å². The van der Waals surface area contributed by atoms with E-state index in [9.17, 15) is 9.59 Å². The van der Waals surface area contributed by atoms with Gasteiger partial charge in [-0.2, -0.15) is 0 Å². The summed E-state index contributed by atoms with van der Waals surface area (Å²) < 4.78 is 5.42. The van der Waals surface area contributed by atoms with E-state index in [1.54, 1.807) is 0 Å². The van der Waals surface area contributed by atoms with Gasteiger partial charge in [0.05, 0.1) is 0 Å². The van der Waals surface area contributed by atoms with Crippen LogP contribution in [0, 0.1) is 13.8 Å². The lowest BCUT2D eigenvalue weighted by molar-refractivity contribution is -0.121. The second kappa shape index (κ2) is 6.75. The van der Waals surface area contributed by atoms with Gasteiger partial charge in [0.25, 0.3) is 5.91 Å². The summed E-state index contributed by atoms with van der Waals surface area (Å²) in [7, 11) is 1.88. The van der Waals surface area contributed by atoms with E-state index in [1.807, 2.05) is 38.3 Å². The van der Waals surface area contributed by atoms with Crippen LogP contribution in [-0.4, -0.2) is 25.6 Å². The van der Waals surface area contributed by atoms with E-state index in [2.05, 4.69) is 5.32 Å². The molecule has 104 valence electrons. The number of imide groups is 1. The molecule has 0 aliphatic carbocycles. The van der Waals surface area contributed by atoms with Crippen molar-refractivity contribution in [1.29, 1.82) is 0 Å². The predicted octanol–water partition coefficient (Wildman–Crippen LogP) is 0.597. The van der Waals surface area contributed by atoms with Gasteiger partial charge in [0.1, 0.15) is 5.75 Å². The predicted molar refractivity (Wildman–Crippen MR) is 71.9 cm³/mol. The Morgan fingerprint density at radius 2 is 1.84 bits per heavy atom. The Labute approximate surface area is 112 Å². The second-order valence-electron chi connectivity index (χ2n) is 4.29. The molecule has 0 fully saturated rings. The van der Waals surface area contributed by atoms with Gasteiger partial charge in [0.2, 0.25) is 0 Å². The molecule has 6 nitrogen and oxygen atoms in total. The fourth-order valence-electron chi connectivity index (χ4n) is 1.89. The SMILES string of the molecule is CNCc1cc(C)c(OCC(=O)NC(N)=O)c(C)c1. The van der Waals surface area contributed by atoms with Crippen molar-refractivity contribution in [2.45, 2.75) is 20.4 Å². The Morgan fingerprint density at radius 1 is 1.26 bits per heavy atom. The Bertz CT molecular complexity index is 463. The number of aryl methyl sites for hydroxylation is 2. The highest BCUT2D eigenvalue weighted by Crippen LogP contribution is 2.24. The summed E-state index contributed by atoms with van der Waals surface area (Å²) in [4.78, 5) is 21.8. The maximum atomic E-state index is 11.3. The van der Waals surface area contributed by atoms with E-state index < -0.39 is 11.9 Å². The van der Waals surface area contributed by atoms with Crippen molar-refractivity contribution < 1.29 is 14.3 Å². The van der Waals surface area contributed by atoms with Crippen molar-refractivity contribution in [3.05, 3.63) is 28.8 Å². The molecule has 19 heavy (non-hydrogen) atoms. The molecule has 1 rings (SSSR count). The number of hydrogen-bond donors (Lipinski definition) is 3. The van der Waals surface area contributed by atoms with Crippen LogP contribution < -0.4 is 21.1 Å². The molecule has 0 aromatic heterocycles. The number of urea groups is 1. The maximum absolute atomic E-state index is 11.3. The summed E-state index contributed by atoms with van der Waals surface area (Å²) in [5.74, 6) is 0.0880. The van der Waals surface area contributed by atoms with Gasteiger partial charge < -0.3 is 15.8 Å². The minimum absolute atomic E-state index is 0.240. The molecule has 4 N–H and O–H groups in total. The highest BCUT2D eigenvalue weighted by Gasteiger charge is 2.10. The Hall–Kier alpha value is -2.08. The third-order valence-corrected chi connectivity index (χ3v) is 2.51. The summed E-state index contributed by atoms with van der Waals surface area (Å²) in [6.07, 6.45) is 0. The molecule has 0 saturated carbocycles. The molecule has 0 heterocycles.